The molecule has 0 fully saturated rings. The molecule has 0 saturated heterocycles. The highest BCUT2D eigenvalue weighted by Crippen LogP contribution is 2.28. The molecule has 0 aliphatic rings. The van der Waals surface area contributed by atoms with Crippen molar-refractivity contribution >= 4 is 11.7 Å². The SMILES string of the molecule is CCN=C(N=C(N)c1cc(-c2ccccc2)cc(-c2ccccc2)c1)c1cccc(-c2ccccc2)c1. The van der Waals surface area contributed by atoms with Gasteiger partial charge in [-0.15, -0.1) is 0 Å². The minimum atomic E-state index is 0.437. The van der Waals surface area contributed by atoms with Crippen molar-refractivity contribution in [3.63, 3.8) is 0 Å². The van der Waals surface area contributed by atoms with E-state index in [1.807, 2.05) is 73.7 Å². The summed E-state index contributed by atoms with van der Waals surface area (Å²) in [5.41, 5.74) is 15.2. The van der Waals surface area contributed by atoms with Crippen molar-refractivity contribution < 1.29 is 0 Å². The second-order valence-electron chi connectivity index (χ2n) is 8.77. The quantitative estimate of drug-likeness (QED) is 0.196. The van der Waals surface area contributed by atoms with E-state index in [-0.39, 0.29) is 0 Å². The van der Waals surface area contributed by atoms with Crippen LogP contribution in [-0.4, -0.2) is 18.2 Å². The van der Waals surface area contributed by atoms with Gasteiger partial charge in [0.05, 0.1) is 0 Å². The maximum Gasteiger partial charge on any atom is 0.157 e. The first-order chi connectivity index (χ1) is 18.2. The number of benzene rings is 5. The molecule has 0 aliphatic heterocycles. The highest BCUT2D eigenvalue weighted by Gasteiger charge is 2.11. The normalized spacial score (nSPS) is 11.9. The van der Waals surface area contributed by atoms with Crippen LogP contribution in [0.3, 0.4) is 0 Å². The lowest BCUT2D eigenvalue weighted by Gasteiger charge is -2.12. The average molecular weight is 480 g/mol. The number of amidine groups is 2. The molecule has 0 radical (unpaired) electrons. The summed E-state index contributed by atoms with van der Waals surface area (Å²) in [6, 6.07) is 45.7. The molecule has 5 aromatic carbocycles. The van der Waals surface area contributed by atoms with Gasteiger partial charge in [-0.3, -0.25) is 4.99 Å². The number of hydrogen-bond acceptors (Lipinski definition) is 1. The number of nitrogens with zero attached hydrogens (tertiary/aromatic N) is 2. The van der Waals surface area contributed by atoms with E-state index >= 15 is 0 Å². The van der Waals surface area contributed by atoms with Gasteiger partial charge in [-0.25, -0.2) is 4.99 Å². The Bertz CT molecular complexity index is 1480. The van der Waals surface area contributed by atoms with Crippen LogP contribution in [0.15, 0.2) is 143 Å². The Labute approximate surface area is 218 Å². The predicted molar refractivity (Wildman–Crippen MR) is 157 cm³/mol. The predicted octanol–water partition coefficient (Wildman–Crippen LogP) is 7.86. The van der Waals surface area contributed by atoms with Crippen LogP contribution < -0.4 is 5.73 Å². The molecule has 0 saturated carbocycles. The monoisotopic (exact) mass is 479 g/mol. The van der Waals surface area contributed by atoms with E-state index in [4.69, 9.17) is 15.7 Å². The minimum Gasteiger partial charge on any atom is -0.383 e. The summed E-state index contributed by atoms with van der Waals surface area (Å²) in [6.07, 6.45) is 0. The van der Waals surface area contributed by atoms with Crippen LogP contribution in [0.4, 0.5) is 0 Å². The van der Waals surface area contributed by atoms with E-state index in [0.29, 0.717) is 18.2 Å². The fourth-order valence-electron chi connectivity index (χ4n) is 4.36. The van der Waals surface area contributed by atoms with Crippen LogP contribution in [0.2, 0.25) is 0 Å². The van der Waals surface area contributed by atoms with E-state index < -0.39 is 0 Å². The molecule has 3 nitrogen and oxygen atoms in total. The molecule has 0 spiro atoms. The van der Waals surface area contributed by atoms with Crippen molar-refractivity contribution in [2.45, 2.75) is 6.92 Å². The number of aliphatic imine (C=N–C) groups is 2. The van der Waals surface area contributed by atoms with Crippen LogP contribution in [0.5, 0.6) is 0 Å². The van der Waals surface area contributed by atoms with Crippen molar-refractivity contribution in [2.24, 2.45) is 15.7 Å². The first kappa shape index (κ1) is 24.0. The maximum atomic E-state index is 6.68. The van der Waals surface area contributed by atoms with Crippen molar-refractivity contribution in [3.05, 3.63) is 145 Å². The second-order valence-corrected chi connectivity index (χ2v) is 8.77. The molecule has 0 unspecified atom stereocenters. The van der Waals surface area contributed by atoms with Crippen molar-refractivity contribution in [3.8, 4) is 33.4 Å². The Morgan fingerprint density at radius 3 is 1.49 bits per heavy atom. The average Bonchev–Trinajstić information content (AvgIpc) is 2.98. The summed E-state index contributed by atoms with van der Waals surface area (Å²) in [5.74, 6) is 1.07. The van der Waals surface area contributed by atoms with E-state index in [1.54, 1.807) is 0 Å². The van der Waals surface area contributed by atoms with Gasteiger partial charge < -0.3 is 5.73 Å². The molecule has 0 atom stereocenters. The topological polar surface area (TPSA) is 50.7 Å². The molecule has 37 heavy (non-hydrogen) atoms. The van der Waals surface area contributed by atoms with Crippen LogP contribution >= 0.6 is 0 Å². The highest BCUT2D eigenvalue weighted by atomic mass is 15.0. The second kappa shape index (κ2) is 11.3. The molecular formula is C34H29N3. The third-order valence-electron chi connectivity index (χ3n) is 6.21. The standard InChI is InChI=1S/C34H29N3/c1-2-36-34(29-20-12-19-28(21-29)25-13-6-3-7-14-25)37-33(35)32-23-30(26-15-8-4-9-16-26)22-31(24-32)27-17-10-5-11-18-27/h3-24H,2H2,1H3,(H2,35,36,37). The first-order valence-electron chi connectivity index (χ1n) is 12.5. The molecule has 0 amide bonds. The Morgan fingerprint density at radius 1 is 0.514 bits per heavy atom. The molecule has 0 aliphatic carbocycles. The van der Waals surface area contributed by atoms with E-state index in [0.717, 1.165) is 44.5 Å². The lowest BCUT2D eigenvalue weighted by atomic mass is 9.96. The highest BCUT2D eigenvalue weighted by molar-refractivity contribution is 6.12. The Morgan fingerprint density at radius 2 is 0.973 bits per heavy atom. The zero-order valence-corrected chi connectivity index (χ0v) is 20.9. The van der Waals surface area contributed by atoms with Gasteiger partial charge in [-0.2, -0.15) is 0 Å². The van der Waals surface area contributed by atoms with Gasteiger partial charge in [0, 0.05) is 17.7 Å². The Hall–Kier alpha value is -4.76. The summed E-state index contributed by atoms with van der Waals surface area (Å²) in [7, 11) is 0. The largest absolute Gasteiger partial charge is 0.383 e. The Balaban J connectivity index is 1.58. The summed E-state index contributed by atoms with van der Waals surface area (Å²) in [5, 5.41) is 0. The van der Waals surface area contributed by atoms with E-state index in [9.17, 15) is 0 Å². The fraction of sp³-hybridized carbons (Fsp3) is 0.0588. The zero-order chi connectivity index (χ0) is 25.5. The summed E-state index contributed by atoms with van der Waals surface area (Å²) in [4.78, 5) is 9.56. The van der Waals surface area contributed by atoms with Gasteiger partial charge in [0.25, 0.3) is 0 Å². The van der Waals surface area contributed by atoms with Crippen LogP contribution in [0.25, 0.3) is 33.4 Å². The minimum absolute atomic E-state index is 0.437. The first-order valence-corrected chi connectivity index (χ1v) is 12.5. The molecule has 0 aromatic heterocycles. The van der Waals surface area contributed by atoms with E-state index in [1.165, 1.54) is 0 Å². The molecule has 3 heteroatoms. The van der Waals surface area contributed by atoms with Gasteiger partial charge in [0.2, 0.25) is 0 Å². The van der Waals surface area contributed by atoms with Crippen molar-refractivity contribution in [1.29, 1.82) is 0 Å². The van der Waals surface area contributed by atoms with Crippen LogP contribution in [-0.2, 0) is 0 Å². The van der Waals surface area contributed by atoms with Crippen LogP contribution in [0.1, 0.15) is 18.1 Å². The molecule has 0 bridgehead atoms. The van der Waals surface area contributed by atoms with Gasteiger partial charge in [0.1, 0.15) is 5.84 Å². The summed E-state index contributed by atoms with van der Waals surface area (Å²) < 4.78 is 0. The van der Waals surface area contributed by atoms with Gasteiger partial charge in [-0.1, -0.05) is 109 Å². The number of hydrogen-bond donors (Lipinski definition) is 1. The van der Waals surface area contributed by atoms with Crippen molar-refractivity contribution in [2.75, 3.05) is 6.54 Å². The van der Waals surface area contributed by atoms with Gasteiger partial charge in [0.15, 0.2) is 5.84 Å². The number of rotatable bonds is 6. The fourth-order valence-corrected chi connectivity index (χ4v) is 4.36. The zero-order valence-electron chi connectivity index (χ0n) is 20.9. The van der Waals surface area contributed by atoms with Crippen molar-refractivity contribution in [1.82, 2.24) is 0 Å². The Kier molecular flexibility index (Phi) is 7.33. The molecule has 0 heterocycles. The number of nitrogens with two attached hydrogens (primary N) is 1. The molecule has 5 aromatic rings. The summed E-state index contributed by atoms with van der Waals surface area (Å²) in [6.45, 7) is 2.62. The smallest absolute Gasteiger partial charge is 0.157 e. The lowest BCUT2D eigenvalue weighted by Crippen LogP contribution is -2.17. The van der Waals surface area contributed by atoms with E-state index in [2.05, 4.69) is 66.7 Å². The molecule has 180 valence electrons. The van der Waals surface area contributed by atoms with Gasteiger partial charge >= 0.3 is 0 Å². The molecule has 2 N–H and O–H groups in total. The third kappa shape index (κ3) is 5.74. The lowest BCUT2D eigenvalue weighted by molar-refractivity contribution is 1.12. The molecular weight excluding hydrogens is 450 g/mol. The summed E-state index contributed by atoms with van der Waals surface area (Å²) >= 11 is 0. The third-order valence-corrected chi connectivity index (χ3v) is 6.21. The van der Waals surface area contributed by atoms with Crippen LogP contribution in [0, 0.1) is 0 Å². The molecule has 5 rings (SSSR count). The van der Waals surface area contributed by atoms with Gasteiger partial charge in [-0.05, 0) is 64.6 Å². The maximum absolute atomic E-state index is 6.68.